The van der Waals surface area contributed by atoms with E-state index in [4.69, 9.17) is 5.84 Å². The molecule has 1 heterocycles. The molecular formula is C9H16N4S. The fourth-order valence-corrected chi connectivity index (χ4v) is 1.69. The second-order valence-corrected chi connectivity index (χ2v) is 4.49. The minimum atomic E-state index is 0.599. The molecule has 0 aliphatic carbocycles. The lowest BCUT2D eigenvalue weighted by Crippen LogP contribution is -2.09. The summed E-state index contributed by atoms with van der Waals surface area (Å²) in [7, 11) is 0. The fraction of sp³-hybridized carbons (Fsp3) is 0.556. The van der Waals surface area contributed by atoms with Crippen LogP contribution in [0.4, 0.5) is 5.82 Å². The summed E-state index contributed by atoms with van der Waals surface area (Å²) < 4.78 is 0. The fourth-order valence-electron chi connectivity index (χ4n) is 0.849. The maximum absolute atomic E-state index is 5.19. The van der Waals surface area contributed by atoms with Crippen LogP contribution in [0, 0.1) is 0 Å². The maximum atomic E-state index is 5.19. The highest BCUT2D eigenvalue weighted by atomic mass is 32.2. The Hall–Kier alpha value is -0.810. The second-order valence-electron chi connectivity index (χ2n) is 3.07. The molecule has 0 bridgehead atoms. The van der Waals surface area contributed by atoms with Gasteiger partial charge in [-0.2, -0.15) is 11.8 Å². The summed E-state index contributed by atoms with van der Waals surface area (Å²) >= 11 is 1.89. The molecule has 0 spiro atoms. The molecule has 0 saturated carbocycles. The Morgan fingerprint density at radius 2 is 2.29 bits per heavy atom. The Balaban J connectivity index is 2.43. The zero-order valence-electron chi connectivity index (χ0n) is 8.53. The van der Waals surface area contributed by atoms with E-state index >= 15 is 0 Å². The Kier molecular flexibility index (Phi) is 4.69. The van der Waals surface area contributed by atoms with Crippen molar-refractivity contribution in [3.63, 3.8) is 0 Å². The van der Waals surface area contributed by atoms with Crippen LogP contribution in [0.15, 0.2) is 12.4 Å². The van der Waals surface area contributed by atoms with E-state index in [1.54, 1.807) is 12.4 Å². The molecule has 1 aromatic heterocycles. The number of nitrogen functional groups attached to an aromatic ring is 1. The van der Waals surface area contributed by atoms with Crippen molar-refractivity contribution < 1.29 is 0 Å². The number of thioether (sulfide) groups is 1. The molecule has 0 fully saturated rings. The normalized spacial score (nSPS) is 12.5. The lowest BCUT2D eigenvalue weighted by Gasteiger charge is -2.07. The molecule has 14 heavy (non-hydrogen) atoms. The molecule has 0 radical (unpaired) electrons. The van der Waals surface area contributed by atoms with Gasteiger partial charge in [0.1, 0.15) is 0 Å². The van der Waals surface area contributed by atoms with E-state index in [0.29, 0.717) is 11.1 Å². The van der Waals surface area contributed by atoms with E-state index in [2.05, 4.69) is 29.2 Å². The summed E-state index contributed by atoms with van der Waals surface area (Å²) in [6.45, 7) is 4.40. The van der Waals surface area contributed by atoms with Crippen LogP contribution in [0.5, 0.6) is 0 Å². The van der Waals surface area contributed by atoms with Gasteiger partial charge in [0.25, 0.3) is 0 Å². The molecule has 1 unspecified atom stereocenters. The average Bonchev–Trinajstić information content (AvgIpc) is 2.26. The van der Waals surface area contributed by atoms with E-state index in [0.717, 1.165) is 11.4 Å². The van der Waals surface area contributed by atoms with Gasteiger partial charge in [0.15, 0.2) is 5.82 Å². The number of hydrazine groups is 1. The molecule has 1 aromatic rings. The zero-order valence-corrected chi connectivity index (χ0v) is 9.34. The molecule has 78 valence electrons. The van der Waals surface area contributed by atoms with Crippen molar-refractivity contribution in [2.24, 2.45) is 5.84 Å². The van der Waals surface area contributed by atoms with Gasteiger partial charge in [-0.1, -0.05) is 13.8 Å². The van der Waals surface area contributed by atoms with Crippen molar-refractivity contribution in [2.45, 2.75) is 31.3 Å². The maximum Gasteiger partial charge on any atom is 0.158 e. The number of nitrogens with two attached hydrogens (primary N) is 1. The van der Waals surface area contributed by atoms with Crippen LogP contribution >= 0.6 is 11.8 Å². The SMILES string of the molecule is CCC(C)SCc1cnc(NN)cn1. The van der Waals surface area contributed by atoms with E-state index in [1.165, 1.54) is 6.42 Å². The monoisotopic (exact) mass is 212 g/mol. The van der Waals surface area contributed by atoms with Gasteiger partial charge in [-0.15, -0.1) is 0 Å². The molecule has 0 amide bonds. The van der Waals surface area contributed by atoms with Crippen molar-refractivity contribution >= 4 is 17.6 Å². The quantitative estimate of drug-likeness (QED) is 0.575. The minimum Gasteiger partial charge on any atom is -0.307 e. The van der Waals surface area contributed by atoms with Gasteiger partial charge in [0.2, 0.25) is 0 Å². The van der Waals surface area contributed by atoms with E-state index in [-0.39, 0.29) is 0 Å². The Morgan fingerprint density at radius 3 is 2.79 bits per heavy atom. The third-order valence-electron chi connectivity index (χ3n) is 1.94. The Labute approximate surface area is 88.7 Å². The first-order chi connectivity index (χ1) is 6.76. The highest BCUT2D eigenvalue weighted by Gasteiger charge is 2.01. The summed E-state index contributed by atoms with van der Waals surface area (Å²) in [4.78, 5) is 8.32. The highest BCUT2D eigenvalue weighted by Crippen LogP contribution is 2.18. The van der Waals surface area contributed by atoms with Crippen LogP contribution in [0.1, 0.15) is 26.0 Å². The molecule has 0 saturated heterocycles. The second kappa shape index (κ2) is 5.82. The topological polar surface area (TPSA) is 63.8 Å². The number of hydrogen-bond acceptors (Lipinski definition) is 5. The molecule has 3 N–H and O–H groups in total. The van der Waals surface area contributed by atoms with Crippen molar-refractivity contribution in [3.05, 3.63) is 18.1 Å². The Morgan fingerprint density at radius 1 is 1.50 bits per heavy atom. The minimum absolute atomic E-state index is 0.599. The molecule has 5 heteroatoms. The average molecular weight is 212 g/mol. The van der Waals surface area contributed by atoms with Gasteiger partial charge in [0, 0.05) is 11.0 Å². The first-order valence-corrected chi connectivity index (χ1v) is 5.70. The van der Waals surface area contributed by atoms with Crippen LogP contribution in [-0.2, 0) is 5.75 Å². The standard InChI is InChI=1S/C9H16N4S/c1-3-7(2)14-6-8-4-12-9(13-10)5-11-8/h4-5,7H,3,6,10H2,1-2H3,(H,12,13). The van der Waals surface area contributed by atoms with Gasteiger partial charge >= 0.3 is 0 Å². The zero-order chi connectivity index (χ0) is 10.4. The predicted molar refractivity (Wildman–Crippen MR) is 60.9 cm³/mol. The summed E-state index contributed by atoms with van der Waals surface area (Å²) in [6, 6.07) is 0. The summed E-state index contributed by atoms with van der Waals surface area (Å²) in [5.41, 5.74) is 3.44. The van der Waals surface area contributed by atoms with E-state index in [1.807, 2.05) is 11.8 Å². The van der Waals surface area contributed by atoms with Crippen LogP contribution in [-0.4, -0.2) is 15.2 Å². The number of rotatable bonds is 5. The summed E-state index contributed by atoms with van der Waals surface area (Å²) in [5, 5.41) is 0.670. The first-order valence-electron chi connectivity index (χ1n) is 4.65. The molecule has 1 atom stereocenters. The summed E-state index contributed by atoms with van der Waals surface area (Å²) in [6.07, 6.45) is 4.58. The molecule has 0 aliphatic heterocycles. The van der Waals surface area contributed by atoms with Crippen molar-refractivity contribution in [2.75, 3.05) is 5.43 Å². The number of nitrogens with zero attached hydrogens (tertiary/aromatic N) is 2. The molecular weight excluding hydrogens is 196 g/mol. The lowest BCUT2D eigenvalue weighted by molar-refractivity contribution is 0.903. The third kappa shape index (κ3) is 3.51. The number of hydrogen-bond donors (Lipinski definition) is 2. The van der Waals surface area contributed by atoms with Gasteiger partial charge in [0.05, 0.1) is 18.1 Å². The number of aromatic nitrogens is 2. The molecule has 1 rings (SSSR count). The Bertz CT molecular complexity index is 262. The van der Waals surface area contributed by atoms with Gasteiger partial charge in [-0.3, -0.25) is 4.98 Å². The van der Waals surface area contributed by atoms with Crippen LogP contribution < -0.4 is 11.3 Å². The van der Waals surface area contributed by atoms with Crippen molar-refractivity contribution in [1.29, 1.82) is 0 Å². The van der Waals surface area contributed by atoms with Gasteiger partial charge in [-0.25, -0.2) is 10.8 Å². The molecule has 0 aromatic carbocycles. The highest BCUT2D eigenvalue weighted by molar-refractivity contribution is 7.99. The largest absolute Gasteiger partial charge is 0.307 e. The van der Waals surface area contributed by atoms with Crippen LogP contribution in [0.25, 0.3) is 0 Å². The van der Waals surface area contributed by atoms with Crippen LogP contribution in [0.2, 0.25) is 0 Å². The number of anilines is 1. The first kappa shape index (κ1) is 11.3. The lowest BCUT2D eigenvalue weighted by atomic mass is 10.4. The number of nitrogens with one attached hydrogen (secondary N) is 1. The third-order valence-corrected chi connectivity index (χ3v) is 3.31. The van der Waals surface area contributed by atoms with Crippen LogP contribution in [0.3, 0.4) is 0 Å². The molecule has 0 aliphatic rings. The van der Waals surface area contributed by atoms with Crippen molar-refractivity contribution in [1.82, 2.24) is 9.97 Å². The summed E-state index contributed by atoms with van der Waals surface area (Å²) in [5.74, 6) is 6.69. The predicted octanol–water partition coefficient (Wildman–Crippen LogP) is 1.79. The van der Waals surface area contributed by atoms with Crippen molar-refractivity contribution in [3.8, 4) is 0 Å². The van der Waals surface area contributed by atoms with Gasteiger partial charge < -0.3 is 5.43 Å². The smallest absolute Gasteiger partial charge is 0.158 e. The van der Waals surface area contributed by atoms with Gasteiger partial charge in [-0.05, 0) is 6.42 Å². The molecule has 4 nitrogen and oxygen atoms in total. The van der Waals surface area contributed by atoms with E-state index < -0.39 is 0 Å². The van der Waals surface area contributed by atoms with E-state index in [9.17, 15) is 0 Å².